The highest BCUT2D eigenvalue weighted by Gasteiger charge is 2.36. The van der Waals surface area contributed by atoms with Gasteiger partial charge in [-0.2, -0.15) is 0 Å². The van der Waals surface area contributed by atoms with Gasteiger partial charge in [0.05, 0.1) is 16.0 Å². The molecule has 0 radical (unpaired) electrons. The van der Waals surface area contributed by atoms with Gasteiger partial charge in [-0.15, -0.1) is 0 Å². The number of aromatic nitrogens is 1. The Bertz CT molecular complexity index is 574. The number of hydrogen-bond acceptors (Lipinski definition) is 4. The fraction of sp³-hybridized carbons (Fsp3) is 0.273. The molecule has 1 aliphatic heterocycles. The molecule has 1 atom stereocenters. The van der Waals surface area contributed by atoms with Crippen LogP contribution in [-0.4, -0.2) is 39.6 Å². The van der Waals surface area contributed by atoms with Crippen LogP contribution in [0, 0.1) is 5.92 Å². The van der Waals surface area contributed by atoms with Crippen LogP contribution in [-0.2, 0) is 9.59 Å². The van der Waals surface area contributed by atoms with Crippen LogP contribution in [0.2, 0.25) is 0 Å². The molecule has 2 heterocycles. The van der Waals surface area contributed by atoms with Crippen LogP contribution < -0.4 is 4.90 Å². The molecule has 0 aliphatic carbocycles. The van der Waals surface area contributed by atoms with E-state index in [2.05, 4.69) is 20.9 Å². The molecule has 0 aromatic carbocycles. The summed E-state index contributed by atoms with van der Waals surface area (Å²) in [4.78, 5) is 38.5. The number of hydrogen-bond donors (Lipinski definition) is 2. The monoisotopic (exact) mass is 328 g/mol. The highest BCUT2D eigenvalue weighted by atomic mass is 79.9. The summed E-state index contributed by atoms with van der Waals surface area (Å²) in [5.41, 5.74) is -0.0166. The fourth-order valence-electron chi connectivity index (χ4n) is 1.82. The van der Waals surface area contributed by atoms with E-state index in [1.54, 1.807) is 0 Å². The van der Waals surface area contributed by atoms with Gasteiger partial charge in [0.25, 0.3) is 0 Å². The number of pyridine rings is 1. The van der Waals surface area contributed by atoms with Gasteiger partial charge in [0.15, 0.2) is 0 Å². The number of nitrogens with zero attached hydrogens (tertiary/aromatic N) is 2. The summed E-state index contributed by atoms with van der Waals surface area (Å²) in [6.45, 7) is 0.0339. The summed E-state index contributed by atoms with van der Waals surface area (Å²) in [6, 6.07) is 1.33. The van der Waals surface area contributed by atoms with Gasteiger partial charge in [-0.05, 0) is 22.0 Å². The SMILES string of the molecule is O=C(O)c1cnc(N2CC(C(=O)O)CC2=O)c(Br)c1. The number of aromatic carboxylic acids is 1. The Balaban J connectivity index is 2.30. The molecular formula is C11H9BrN2O5. The van der Waals surface area contributed by atoms with Crippen molar-refractivity contribution < 1.29 is 24.6 Å². The number of anilines is 1. The normalized spacial score (nSPS) is 18.7. The van der Waals surface area contributed by atoms with Gasteiger partial charge in [-0.25, -0.2) is 9.78 Å². The lowest BCUT2D eigenvalue weighted by atomic mass is 10.1. The van der Waals surface area contributed by atoms with Crippen molar-refractivity contribution >= 4 is 39.6 Å². The molecule has 0 spiro atoms. The number of halogens is 1. The lowest BCUT2D eigenvalue weighted by Gasteiger charge is -2.16. The molecule has 1 aromatic rings. The number of carbonyl (C=O) groups excluding carboxylic acids is 1. The largest absolute Gasteiger partial charge is 0.481 e. The second-order valence-electron chi connectivity index (χ2n) is 4.08. The first kappa shape index (κ1) is 13.5. The van der Waals surface area contributed by atoms with E-state index in [4.69, 9.17) is 10.2 Å². The zero-order valence-electron chi connectivity index (χ0n) is 9.54. The molecule has 1 unspecified atom stereocenters. The third-order valence-corrected chi connectivity index (χ3v) is 3.38. The number of carboxylic acid groups (broad SMARTS) is 2. The molecule has 8 heteroatoms. The summed E-state index contributed by atoms with van der Waals surface area (Å²) in [6.07, 6.45) is 1.05. The zero-order valence-corrected chi connectivity index (χ0v) is 11.1. The Kier molecular flexibility index (Phi) is 3.52. The quantitative estimate of drug-likeness (QED) is 0.856. The highest BCUT2D eigenvalue weighted by Crippen LogP contribution is 2.30. The summed E-state index contributed by atoms with van der Waals surface area (Å²) in [7, 11) is 0. The van der Waals surface area contributed by atoms with Crippen molar-refractivity contribution in [1.29, 1.82) is 0 Å². The van der Waals surface area contributed by atoms with E-state index in [-0.39, 0.29) is 30.3 Å². The summed E-state index contributed by atoms with van der Waals surface area (Å²) in [5, 5.41) is 17.7. The Hall–Kier alpha value is -1.96. The minimum Gasteiger partial charge on any atom is -0.481 e. The van der Waals surface area contributed by atoms with Crippen molar-refractivity contribution in [1.82, 2.24) is 4.98 Å². The smallest absolute Gasteiger partial charge is 0.337 e. The Morgan fingerprint density at radius 2 is 2.11 bits per heavy atom. The molecule has 0 saturated carbocycles. The molecular weight excluding hydrogens is 320 g/mol. The molecule has 2 N–H and O–H groups in total. The number of rotatable bonds is 3. The summed E-state index contributed by atoms with van der Waals surface area (Å²) in [5.74, 6) is -3.03. The Labute approximate surface area is 116 Å². The van der Waals surface area contributed by atoms with Crippen molar-refractivity contribution in [3.05, 3.63) is 22.3 Å². The molecule has 2 rings (SSSR count). The minimum atomic E-state index is -1.13. The third-order valence-electron chi connectivity index (χ3n) is 2.80. The van der Waals surface area contributed by atoms with Gasteiger partial charge >= 0.3 is 11.9 Å². The molecule has 7 nitrogen and oxygen atoms in total. The van der Waals surface area contributed by atoms with Gasteiger partial charge in [0.1, 0.15) is 5.82 Å². The highest BCUT2D eigenvalue weighted by molar-refractivity contribution is 9.10. The van der Waals surface area contributed by atoms with Crippen molar-refractivity contribution in [3.63, 3.8) is 0 Å². The summed E-state index contributed by atoms with van der Waals surface area (Å²) >= 11 is 3.14. The zero-order chi connectivity index (χ0) is 14.2. The van der Waals surface area contributed by atoms with Crippen molar-refractivity contribution in [2.45, 2.75) is 6.42 Å². The van der Waals surface area contributed by atoms with Gasteiger partial charge in [-0.1, -0.05) is 0 Å². The van der Waals surface area contributed by atoms with Gasteiger partial charge < -0.3 is 10.2 Å². The van der Waals surface area contributed by atoms with Crippen LogP contribution in [0.15, 0.2) is 16.7 Å². The van der Waals surface area contributed by atoms with Gasteiger partial charge in [0.2, 0.25) is 5.91 Å². The van der Waals surface area contributed by atoms with E-state index in [1.165, 1.54) is 11.0 Å². The minimum absolute atomic E-state index is 0.0166. The van der Waals surface area contributed by atoms with E-state index >= 15 is 0 Å². The van der Waals surface area contributed by atoms with Gasteiger partial charge in [-0.3, -0.25) is 14.5 Å². The molecule has 1 amide bonds. The van der Waals surface area contributed by atoms with Crippen molar-refractivity contribution in [2.75, 3.05) is 11.4 Å². The van der Waals surface area contributed by atoms with E-state index in [9.17, 15) is 14.4 Å². The second-order valence-corrected chi connectivity index (χ2v) is 4.93. The standard InChI is InChI=1S/C11H9BrN2O5/c12-7-1-5(10(16)17)3-13-9(7)14-4-6(11(18)19)2-8(14)15/h1,3,6H,2,4H2,(H,16,17)(H,18,19). The van der Waals surface area contributed by atoms with Crippen LogP contribution in [0.25, 0.3) is 0 Å². The maximum absolute atomic E-state index is 11.7. The molecule has 1 aliphatic rings. The van der Waals surface area contributed by atoms with E-state index < -0.39 is 17.9 Å². The van der Waals surface area contributed by atoms with E-state index in [1.807, 2.05) is 0 Å². The third kappa shape index (κ3) is 2.58. The van der Waals surface area contributed by atoms with Crippen LogP contribution >= 0.6 is 15.9 Å². The Morgan fingerprint density at radius 3 is 2.58 bits per heavy atom. The van der Waals surface area contributed by atoms with E-state index in [0.717, 1.165) is 6.20 Å². The maximum Gasteiger partial charge on any atom is 0.337 e. The first-order valence-electron chi connectivity index (χ1n) is 5.32. The first-order valence-corrected chi connectivity index (χ1v) is 6.11. The molecule has 1 fully saturated rings. The molecule has 100 valence electrons. The maximum atomic E-state index is 11.7. The first-order chi connectivity index (χ1) is 8.90. The molecule has 1 saturated heterocycles. The number of aliphatic carboxylic acids is 1. The average molecular weight is 329 g/mol. The van der Waals surface area contributed by atoms with Crippen LogP contribution in [0.4, 0.5) is 5.82 Å². The number of amides is 1. The Morgan fingerprint density at radius 1 is 1.42 bits per heavy atom. The molecule has 1 aromatic heterocycles. The number of carbonyl (C=O) groups is 3. The molecule has 0 bridgehead atoms. The summed E-state index contributed by atoms with van der Waals surface area (Å²) < 4.78 is 0.340. The topological polar surface area (TPSA) is 108 Å². The average Bonchev–Trinajstić information content (AvgIpc) is 2.71. The van der Waals surface area contributed by atoms with Crippen molar-refractivity contribution in [2.24, 2.45) is 5.92 Å². The van der Waals surface area contributed by atoms with Crippen LogP contribution in [0.3, 0.4) is 0 Å². The lowest BCUT2D eigenvalue weighted by Crippen LogP contribution is -2.27. The number of carboxylic acids is 2. The van der Waals surface area contributed by atoms with E-state index in [0.29, 0.717) is 4.47 Å². The molecule has 19 heavy (non-hydrogen) atoms. The second kappa shape index (κ2) is 4.96. The lowest BCUT2D eigenvalue weighted by molar-refractivity contribution is -0.141. The van der Waals surface area contributed by atoms with Crippen LogP contribution in [0.5, 0.6) is 0 Å². The predicted octanol–water partition coefficient (Wildman–Crippen LogP) is 0.980. The fourth-order valence-corrected chi connectivity index (χ4v) is 2.39. The van der Waals surface area contributed by atoms with Crippen molar-refractivity contribution in [3.8, 4) is 0 Å². The van der Waals surface area contributed by atoms with Crippen LogP contribution in [0.1, 0.15) is 16.8 Å². The van der Waals surface area contributed by atoms with Gasteiger partial charge in [0, 0.05) is 19.2 Å². The predicted molar refractivity (Wildman–Crippen MR) is 67.0 cm³/mol.